The molecule has 4 nitrogen and oxygen atoms in total. The van der Waals surface area contributed by atoms with E-state index in [4.69, 9.17) is 0 Å². The molecule has 0 radical (unpaired) electrons. The maximum atomic E-state index is 13.4. The number of likely N-dealkylation sites (tertiary alicyclic amines) is 1. The Hall–Kier alpha value is -2.47. The molecule has 2 aromatic carbocycles. The number of nitrogens with zero attached hydrogens (tertiary/aromatic N) is 1. The van der Waals surface area contributed by atoms with Gasteiger partial charge in [-0.05, 0) is 53.2 Å². The first-order valence-electron chi connectivity index (χ1n) is 11.5. The van der Waals surface area contributed by atoms with Crippen molar-refractivity contribution in [1.82, 2.24) is 10.2 Å². The molecular weight excluding hydrogens is 416 g/mol. The van der Waals surface area contributed by atoms with Gasteiger partial charge in [-0.2, -0.15) is 0 Å². The van der Waals surface area contributed by atoms with E-state index < -0.39 is 5.60 Å². The zero-order valence-electron chi connectivity index (χ0n) is 18.2. The molecule has 3 unspecified atom stereocenters. The normalized spacial score (nSPS) is 24.7. The molecule has 2 aliphatic rings. The van der Waals surface area contributed by atoms with E-state index in [1.807, 2.05) is 47.8 Å². The van der Waals surface area contributed by atoms with E-state index in [1.165, 1.54) is 29.7 Å². The third-order valence-electron chi connectivity index (χ3n) is 7.25. The highest BCUT2D eigenvalue weighted by molar-refractivity contribution is 7.10. The van der Waals surface area contributed by atoms with E-state index in [0.717, 1.165) is 19.6 Å². The molecule has 0 spiro atoms. The van der Waals surface area contributed by atoms with Crippen LogP contribution in [-0.4, -0.2) is 35.5 Å². The van der Waals surface area contributed by atoms with Crippen LogP contribution < -0.4 is 5.32 Å². The molecule has 1 aliphatic heterocycles. The minimum Gasteiger partial charge on any atom is -0.371 e. The van der Waals surface area contributed by atoms with Crippen molar-refractivity contribution in [3.05, 3.63) is 94.2 Å². The Morgan fingerprint density at radius 2 is 1.62 bits per heavy atom. The van der Waals surface area contributed by atoms with E-state index in [0.29, 0.717) is 34.7 Å². The second-order valence-corrected chi connectivity index (χ2v) is 10.2. The van der Waals surface area contributed by atoms with Crippen molar-refractivity contribution in [2.24, 2.45) is 17.8 Å². The fraction of sp³-hybridized carbons (Fsp3) is 0.370. The molecule has 5 rings (SSSR count). The number of aliphatic hydroxyl groups is 1. The SMILES string of the molecule is O=C(NCC1C2CCC1CN(Cc1ccccc1)C2)C(O)(c1ccccc1)c1cccs1. The van der Waals surface area contributed by atoms with Crippen molar-refractivity contribution >= 4 is 17.2 Å². The van der Waals surface area contributed by atoms with Gasteiger partial charge in [-0.3, -0.25) is 9.69 Å². The summed E-state index contributed by atoms with van der Waals surface area (Å²) >= 11 is 1.41. The predicted molar refractivity (Wildman–Crippen MR) is 128 cm³/mol. The van der Waals surface area contributed by atoms with Gasteiger partial charge < -0.3 is 10.4 Å². The molecule has 2 N–H and O–H groups in total. The molecule has 1 amide bonds. The number of rotatable bonds is 7. The summed E-state index contributed by atoms with van der Waals surface area (Å²) in [4.78, 5) is 16.6. The minimum atomic E-state index is -1.65. The lowest BCUT2D eigenvalue weighted by molar-refractivity contribution is -0.136. The molecule has 2 heterocycles. The van der Waals surface area contributed by atoms with Crippen molar-refractivity contribution < 1.29 is 9.90 Å². The largest absolute Gasteiger partial charge is 0.371 e. The third-order valence-corrected chi connectivity index (χ3v) is 8.23. The second kappa shape index (κ2) is 9.18. The number of nitrogens with one attached hydrogen (secondary N) is 1. The first-order chi connectivity index (χ1) is 15.6. The molecule has 3 atom stereocenters. The van der Waals surface area contributed by atoms with Crippen LogP contribution >= 0.6 is 11.3 Å². The number of fused-ring (bicyclic) bond motifs is 2. The quantitative estimate of drug-likeness (QED) is 0.570. The molecule has 1 saturated heterocycles. The van der Waals surface area contributed by atoms with Crippen molar-refractivity contribution in [2.45, 2.75) is 25.0 Å². The average molecular weight is 447 g/mol. The van der Waals surface area contributed by atoms with E-state index in [-0.39, 0.29) is 5.91 Å². The molecule has 2 fully saturated rings. The Kier molecular flexibility index (Phi) is 6.13. The highest BCUT2D eigenvalue weighted by Crippen LogP contribution is 2.42. The number of carbonyl (C=O) groups is 1. The summed E-state index contributed by atoms with van der Waals surface area (Å²) in [6, 6.07) is 23.7. The van der Waals surface area contributed by atoms with Gasteiger partial charge >= 0.3 is 0 Å². The van der Waals surface area contributed by atoms with Crippen LogP contribution in [0.4, 0.5) is 0 Å². The topological polar surface area (TPSA) is 52.6 Å². The Morgan fingerprint density at radius 3 is 2.25 bits per heavy atom. The van der Waals surface area contributed by atoms with Crippen LogP contribution in [0.15, 0.2) is 78.2 Å². The summed E-state index contributed by atoms with van der Waals surface area (Å²) in [5, 5.41) is 16.6. The smallest absolute Gasteiger partial charge is 0.262 e. The monoisotopic (exact) mass is 446 g/mol. The summed E-state index contributed by atoms with van der Waals surface area (Å²) in [6.45, 7) is 3.80. The number of hydrogen-bond donors (Lipinski definition) is 2. The molecule has 3 aromatic rings. The van der Waals surface area contributed by atoms with Gasteiger partial charge in [0.05, 0.1) is 4.88 Å². The Labute approximate surface area is 193 Å². The molecule has 5 heteroatoms. The highest BCUT2D eigenvalue weighted by Gasteiger charge is 2.44. The van der Waals surface area contributed by atoms with Crippen LogP contribution in [0.3, 0.4) is 0 Å². The molecule has 1 saturated carbocycles. The zero-order valence-corrected chi connectivity index (χ0v) is 19.0. The highest BCUT2D eigenvalue weighted by atomic mass is 32.1. The molecule has 2 bridgehead atoms. The van der Waals surface area contributed by atoms with Crippen LogP contribution in [0.5, 0.6) is 0 Å². The lowest BCUT2D eigenvalue weighted by atomic mass is 9.84. The molecule has 1 aromatic heterocycles. The van der Waals surface area contributed by atoms with Crippen LogP contribution in [0, 0.1) is 17.8 Å². The van der Waals surface area contributed by atoms with Crippen LogP contribution in [0.2, 0.25) is 0 Å². The number of amides is 1. The first kappa shape index (κ1) is 21.4. The fourth-order valence-corrected chi connectivity index (χ4v) is 6.47. The third kappa shape index (κ3) is 4.13. The van der Waals surface area contributed by atoms with Crippen molar-refractivity contribution in [1.29, 1.82) is 0 Å². The van der Waals surface area contributed by atoms with Gasteiger partial charge in [-0.1, -0.05) is 66.7 Å². The van der Waals surface area contributed by atoms with Gasteiger partial charge in [0, 0.05) is 26.2 Å². The standard InChI is InChI=1S/C27H30N2O2S/c30-26(27(31,25-12-7-15-32-25)23-10-5-2-6-11-23)28-16-24-21-13-14-22(24)19-29(18-21)17-20-8-3-1-4-9-20/h1-12,15,21-22,24,31H,13-14,16-19H2,(H,28,30). The summed E-state index contributed by atoms with van der Waals surface area (Å²) in [7, 11) is 0. The number of thiophene rings is 1. The van der Waals surface area contributed by atoms with Gasteiger partial charge in [-0.25, -0.2) is 0 Å². The van der Waals surface area contributed by atoms with Gasteiger partial charge in [0.2, 0.25) is 5.60 Å². The zero-order chi connectivity index (χ0) is 22.0. The van der Waals surface area contributed by atoms with Crippen molar-refractivity contribution in [2.75, 3.05) is 19.6 Å². The first-order valence-corrected chi connectivity index (χ1v) is 12.4. The fourth-order valence-electron chi connectivity index (χ4n) is 5.62. The maximum absolute atomic E-state index is 13.4. The van der Waals surface area contributed by atoms with E-state index in [9.17, 15) is 9.90 Å². The van der Waals surface area contributed by atoms with Gasteiger partial charge in [0.25, 0.3) is 5.91 Å². The number of carbonyl (C=O) groups excluding carboxylic acids is 1. The number of hydrogen-bond acceptors (Lipinski definition) is 4. The molecule has 166 valence electrons. The van der Waals surface area contributed by atoms with Crippen molar-refractivity contribution in [3.63, 3.8) is 0 Å². The summed E-state index contributed by atoms with van der Waals surface area (Å²) in [5.74, 6) is 1.36. The van der Waals surface area contributed by atoms with Crippen LogP contribution in [0.1, 0.15) is 28.8 Å². The lowest BCUT2D eigenvalue weighted by Gasteiger charge is -2.38. The number of benzene rings is 2. The Bertz CT molecular complexity index is 1010. The minimum absolute atomic E-state index is 0.322. The van der Waals surface area contributed by atoms with E-state index >= 15 is 0 Å². The molecule has 32 heavy (non-hydrogen) atoms. The summed E-state index contributed by atoms with van der Waals surface area (Å²) < 4.78 is 0. The van der Waals surface area contributed by atoms with Crippen LogP contribution in [0.25, 0.3) is 0 Å². The van der Waals surface area contributed by atoms with Gasteiger partial charge in [0.15, 0.2) is 0 Å². The molecular formula is C27H30N2O2S. The average Bonchev–Trinajstić information content (AvgIpc) is 3.45. The maximum Gasteiger partial charge on any atom is 0.262 e. The van der Waals surface area contributed by atoms with E-state index in [1.54, 1.807) is 0 Å². The Balaban J connectivity index is 1.26. The second-order valence-electron chi connectivity index (χ2n) is 9.20. The predicted octanol–water partition coefficient (Wildman–Crippen LogP) is 4.26. The van der Waals surface area contributed by atoms with Crippen molar-refractivity contribution in [3.8, 4) is 0 Å². The lowest BCUT2D eigenvalue weighted by Crippen LogP contribution is -2.50. The summed E-state index contributed by atoms with van der Waals surface area (Å²) in [6.07, 6.45) is 2.45. The van der Waals surface area contributed by atoms with E-state index in [2.05, 4.69) is 40.5 Å². The summed E-state index contributed by atoms with van der Waals surface area (Å²) in [5.41, 5.74) is 0.325. The Morgan fingerprint density at radius 1 is 0.969 bits per heavy atom. The van der Waals surface area contributed by atoms with Gasteiger partial charge in [-0.15, -0.1) is 11.3 Å². The van der Waals surface area contributed by atoms with Gasteiger partial charge in [0.1, 0.15) is 0 Å². The molecule has 1 aliphatic carbocycles. The van der Waals surface area contributed by atoms with Crippen LogP contribution in [-0.2, 0) is 16.9 Å². The number of piperidine rings is 1.